The molecule has 0 spiro atoms. The van der Waals surface area contributed by atoms with Crippen LogP contribution in [0.25, 0.3) is 0 Å². The Morgan fingerprint density at radius 1 is 1.39 bits per heavy atom. The molecule has 0 saturated carbocycles. The Hall–Kier alpha value is -2.04. The Kier molecular flexibility index (Phi) is 3.50. The summed E-state index contributed by atoms with van der Waals surface area (Å²) in [5.41, 5.74) is -1.08. The maximum Gasteiger partial charge on any atom is 0.186 e. The molecule has 0 radical (unpaired) electrons. The summed E-state index contributed by atoms with van der Waals surface area (Å²) in [6.07, 6.45) is -0.211. The van der Waals surface area contributed by atoms with E-state index in [1.54, 1.807) is 0 Å². The fourth-order valence-corrected chi connectivity index (χ4v) is 1.64. The van der Waals surface area contributed by atoms with Gasteiger partial charge in [-0.1, -0.05) is 5.16 Å². The van der Waals surface area contributed by atoms with E-state index >= 15 is 0 Å². The highest BCUT2D eigenvalue weighted by atomic mass is 19.1. The van der Waals surface area contributed by atoms with Crippen LogP contribution in [0.3, 0.4) is 0 Å². The van der Waals surface area contributed by atoms with Crippen LogP contribution in [0, 0.1) is 23.0 Å². The van der Waals surface area contributed by atoms with E-state index in [2.05, 4.69) is 5.16 Å². The number of rotatable bonds is 2. The van der Waals surface area contributed by atoms with Crippen LogP contribution in [0.5, 0.6) is 0 Å². The van der Waals surface area contributed by atoms with Gasteiger partial charge in [0.15, 0.2) is 17.9 Å². The van der Waals surface area contributed by atoms with Gasteiger partial charge in [-0.15, -0.1) is 0 Å². The first-order valence-corrected chi connectivity index (χ1v) is 5.01. The van der Waals surface area contributed by atoms with Crippen molar-refractivity contribution in [2.75, 3.05) is 13.2 Å². The molecule has 0 aliphatic carbocycles. The first-order valence-electron chi connectivity index (χ1n) is 5.01. The van der Waals surface area contributed by atoms with Crippen LogP contribution in [0.2, 0.25) is 0 Å². The van der Waals surface area contributed by atoms with Crippen molar-refractivity contribution >= 4 is 6.21 Å². The number of hydrogen-bond acceptors (Lipinski definition) is 5. The van der Waals surface area contributed by atoms with Gasteiger partial charge >= 0.3 is 0 Å². The SMILES string of the molecule is N#Cc1c(F)c(/C=N/O)cc(C2OCCO2)c1F. The van der Waals surface area contributed by atoms with Gasteiger partial charge in [-0.25, -0.2) is 8.78 Å². The van der Waals surface area contributed by atoms with Gasteiger partial charge < -0.3 is 14.7 Å². The van der Waals surface area contributed by atoms with E-state index in [9.17, 15) is 8.78 Å². The lowest BCUT2D eigenvalue weighted by Gasteiger charge is -2.12. The predicted molar refractivity (Wildman–Crippen MR) is 55.1 cm³/mol. The molecule has 2 rings (SSSR count). The first-order chi connectivity index (χ1) is 8.69. The Morgan fingerprint density at radius 3 is 2.61 bits per heavy atom. The number of nitriles is 1. The maximum atomic E-state index is 13.9. The van der Waals surface area contributed by atoms with Crippen molar-refractivity contribution in [1.82, 2.24) is 0 Å². The van der Waals surface area contributed by atoms with E-state index in [1.807, 2.05) is 0 Å². The van der Waals surface area contributed by atoms with Crippen LogP contribution in [-0.4, -0.2) is 24.6 Å². The standard InChI is InChI=1S/C11H8F2N2O3/c12-9-6(5-15-16)3-7(10(13)8(9)4-14)11-17-1-2-18-11/h3,5,11,16H,1-2H2/b15-5+. The molecule has 1 aromatic carbocycles. The van der Waals surface area contributed by atoms with Gasteiger partial charge in [0.25, 0.3) is 0 Å². The molecule has 1 N–H and O–H groups in total. The van der Waals surface area contributed by atoms with Crippen molar-refractivity contribution in [3.05, 3.63) is 34.4 Å². The summed E-state index contributed by atoms with van der Waals surface area (Å²) in [5, 5.41) is 19.8. The van der Waals surface area contributed by atoms with Crippen LogP contribution in [0.1, 0.15) is 23.0 Å². The minimum absolute atomic E-state index is 0.0969. The third-order valence-electron chi connectivity index (χ3n) is 2.44. The van der Waals surface area contributed by atoms with E-state index in [4.69, 9.17) is 19.9 Å². The van der Waals surface area contributed by atoms with Crippen molar-refractivity contribution in [1.29, 1.82) is 5.26 Å². The zero-order valence-corrected chi connectivity index (χ0v) is 9.06. The predicted octanol–water partition coefficient (Wildman–Crippen LogP) is 1.69. The molecule has 0 bridgehead atoms. The highest BCUT2D eigenvalue weighted by Crippen LogP contribution is 2.29. The number of hydrogen-bond donors (Lipinski definition) is 1. The van der Waals surface area contributed by atoms with E-state index in [0.29, 0.717) is 0 Å². The van der Waals surface area contributed by atoms with E-state index in [1.165, 1.54) is 6.07 Å². The third kappa shape index (κ3) is 2.03. The summed E-state index contributed by atoms with van der Waals surface area (Å²) >= 11 is 0. The molecule has 1 aromatic rings. The molecule has 94 valence electrons. The molecule has 0 unspecified atom stereocenters. The fraction of sp³-hybridized carbons (Fsp3) is 0.273. The molecule has 18 heavy (non-hydrogen) atoms. The molecule has 7 heteroatoms. The quantitative estimate of drug-likeness (QED) is 0.495. The average molecular weight is 254 g/mol. The highest BCUT2D eigenvalue weighted by molar-refractivity contribution is 5.80. The van der Waals surface area contributed by atoms with Crippen LogP contribution >= 0.6 is 0 Å². The van der Waals surface area contributed by atoms with Crippen LogP contribution < -0.4 is 0 Å². The zero-order chi connectivity index (χ0) is 13.1. The Labute approximate surface area is 101 Å². The lowest BCUT2D eigenvalue weighted by atomic mass is 10.0. The number of benzene rings is 1. The fourth-order valence-electron chi connectivity index (χ4n) is 1.64. The van der Waals surface area contributed by atoms with Crippen molar-refractivity contribution in [2.45, 2.75) is 6.29 Å². The maximum absolute atomic E-state index is 13.9. The van der Waals surface area contributed by atoms with E-state index in [-0.39, 0.29) is 24.3 Å². The van der Waals surface area contributed by atoms with Crippen LogP contribution in [0.15, 0.2) is 11.2 Å². The summed E-state index contributed by atoms with van der Waals surface area (Å²) in [6, 6.07) is 2.51. The van der Waals surface area contributed by atoms with Gasteiger partial charge in [0.2, 0.25) is 0 Å². The topological polar surface area (TPSA) is 74.8 Å². The Balaban J connectivity index is 2.59. The molecular weight excluding hydrogens is 246 g/mol. The third-order valence-corrected chi connectivity index (χ3v) is 2.44. The Morgan fingerprint density at radius 2 is 2.06 bits per heavy atom. The number of oxime groups is 1. The summed E-state index contributed by atoms with van der Waals surface area (Å²) in [6.45, 7) is 0.569. The van der Waals surface area contributed by atoms with Gasteiger partial charge in [-0.3, -0.25) is 0 Å². The van der Waals surface area contributed by atoms with E-state index < -0.39 is 23.5 Å². The minimum atomic E-state index is -1.09. The molecular formula is C11H8F2N2O3. The second-order valence-electron chi connectivity index (χ2n) is 3.49. The molecule has 1 aliphatic rings. The van der Waals surface area contributed by atoms with Crippen molar-refractivity contribution in [2.24, 2.45) is 5.16 Å². The van der Waals surface area contributed by atoms with Crippen molar-refractivity contribution < 1.29 is 23.5 Å². The summed E-state index contributed by atoms with van der Waals surface area (Å²) < 4.78 is 37.7. The summed E-state index contributed by atoms with van der Waals surface area (Å²) in [5.74, 6) is -2.12. The van der Waals surface area contributed by atoms with Gasteiger partial charge in [-0.2, -0.15) is 5.26 Å². The smallest absolute Gasteiger partial charge is 0.186 e. The minimum Gasteiger partial charge on any atom is -0.411 e. The molecule has 5 nitrogen and oxygen atoms in total. The Bertz CT molecular complexity index is 534. The second kappa shape index (κ2) is 5.08. The number of nitrogens with zero attached hydrogens (tertiary/aromatic N) is 2. The first kappa shape index (κ1) is 12.4. The molecule has 1 fully saturated rings. The molecule has 1 heterocycles. The molecule has 0 aromatic heterocycles. The van der Waals surface area contributed by atoms with E-state index in [0.717, 1.165) is 12.3 Å². The highest BCUT2D eigenvalue weighted by Gasteiger charge is 2.27. The lowest BCUT2D eigenvalue weighted by molar-refractivity contribution is -0.0465. The number of ether oxygens (including phenoxy) is 2. The number of halogens is 2. The largest absolute Gasteiger partial charge is 0.411 e. The molecule has 1 aliphatic heterocycles. The van der Waals surface area contributed by atoms with Gasteiger partial charge in [0.1, 0.15) is 11.6 Å². The molecule has 1 saturated heterocycles. The van der Waals surface area contributed by atoms with Crippen LogP contribution in [0.4, 0.5) is 8.78 Å². The van der Waals surface area contributed by atoms with Gasteiger partial charge in [0.05, 0.1) is 19.4 Å². The van der Waals surface area contributed by atoms with Gasteiger partial charge in [0, 0.05) is 11.1 Å². The van der Waals surface area contributed by atoms with Crippen LogP contribution in [-0.2, 0) is 9.47 Å². The second-order valence-corrected chi connectivity index (χ2v) is 3.49. The average Bonchev–Trinajstić information content (AvgIpc) is 2.87. The summed E-state index contributed by atoms with van der Waals surface area (Å²) in [7, 11) is 0. The lowest BCUT2D eigenvalue weighted by Crippen LogP contribution is -2.08. The normalized spacial score (nSPS) is 16.3. The summed E-state index contributed by atoms with van der Waals surface area (Å²) in [4.78, 5) is 0. The molecule has 0 atom stereocenters. The monoisotopic (exact) mass is 254 g/mol. The van der Waals surface area contributed by atoms with Gasteiger partial charge in [-0.05, 0) is 6.07 Å². The zero-order valence-electron chi connectivity index (χ0n) is 9.06. The van der Waals surface area contributed by atoms with Crippen molar-refractivity contribution in [3.8, 4) is 6.07 Å². The molecule has 0 amide bonds. The van der Waals surface area contributed by atoms with Crippen molar-refractivity contribution in [3.63, 3.8) is 0 Å².